The fourth-order valence-corrected chi connectivity index (χ4v) is 2.26. The lowest BCUT2D eigenvalue weighted by Gasteiger charge is -2.11. The highest BCUT2D eigenvalue weighted by molar-refractivity contribution is 7.90. The van der Waals surface area contributed by atoms with Crippen molar-refractivity contribution in [1.82, 2.24) is 4.72 Å². The molecule has 0 saturated heterocycles. The molecule has 1 aromatic carbocycles. The van der Waals surface area contributed by atoms with Crippen molar-refractivity contribution in [2.75, 3.05) is 11.3 Å². The molecule has 0 aliphatic rings. The third-order valence-electron chi connectivity index (χ3n) is 2.04. The van der Waals surface area contributed by atoms with E-state index >= 15 is 0 Å². The molecule has 0 aliphatic carbocycles. The van der Waals surface area contributed by atoms with Gasteiger partial charge in [0.15, 0.2) is 0 Å². The Balaban J connectivity index is 2.69. The van der Waals surface area contributed by atoms with Crippen LogP contribution in [0.3, 0.4) is 0 Å². The van der Waals surface area contributed by atoms with Crippen LogP contribution in [0.1, 0.15) is 19.4 Å². The molecule has 0 aliphatic heterocycles. The summed E-state index contributed by atoms with van der Waals surface area (Å²) in [7, 11) is -3.54. The first-order valence-corrected chi connectivity index (χ1v) is 6.88. The van der Waals surface area contributed by atoms with Crippen LogP contribution >= 0.6 is 0 Å². The van der Waals surface area contributed by atoms with E-state index in [2.05, 4.69) is 9.44 Å². The van der Waals surface area contributed by atoms with Gasteiger partial charge in [0.2, 0.25) is 0 Å². The largest absolute Gasteiger partial charge is 0.392 e. The van der Waals surface area contributed by atoms with Crippen molar-refractivity contribution in [3.63, 3.8) is 0 Å². The van der Waals surface area contributed by atoms with Crippen molar-refractivity contribution in [2.24, 2.45) is 5.92 Å². The number of rotatable bonds is 6. The van der Waals surface area contributed by atoms with Gasteiger partial charge in [0.25, 0.3) is 10.2 Å². The summed E-state index contributed by atoms with van der Waals surface area (Å²) >= 11 is 0. The number of benzene rings is 1. The van der Waals surface area contributed by atoms with Crippen LogP contribution in [-0.4, -0.2) is 20.1 Å². The number of aliphatic hydroxyl groups is 1. The molecule has 3 N–H and O–H groups in total. The molecule has 0 bridgehead atoms. The topological polar surface area (TPSA) is 78.4 Å². The molecule has 0 fully saturated rings. The van der Waals surface area contributed by atoms with Crippen LogP contribution in [0.4, 0.5) is 5.69 Å². The quantitative estimate of drug-likeness (QED) is 0.714. The van der Waals surface area contributed by atoms with E-state index in [1.807, 2.05) is 13.8 Å². The average Bonchev–Trinajstić information content (AvgIpc) is 2.26. The first-order chi connectivity index (χ1) is 7.93. The monoisotopic (exact) mass is 258 g/mol. The fraction of sp³-hybridized carbons (Fsp3) is 0.455. The lowest BCUT2D eigenvalue weighted by Crippen LogP contribution is -2.32. The maximum Gasteiger partial charge on any atom is 0.299 e. The van der Waals surface area contributed by atoms with E-state index < -0.39 is 10.2 Å². The summed E-state index contributed by atoms with van der Waals surface area (Å²) in [5.74, 6) is 0.246. The van der Waals surface area contributed by atoms with Gasteiger partial charge >= 0.3 is 0 Å². The molecule has 1 rings (SSSR count). The van der Waals surface area contributed by atoms with Crippen LogP contribution < -0.4 is 9.44 Å². The van der Waals surface area contributed by atoms with Gasteiger partial charge < -0.3 is 5.11 Å². The normalized spacial score (nSPS) is 11.8. The van der Waals surface area contributed by atoms with Gasteiger partial charge in [0, 0.05) is 6.54 Å². The van der Waals surface area contributed by atoms with Crippen LogP contribution in [0.25, 0.3) is 0 Å². The first-order valence-electron chi connectivity index (χ1n) is 5.40. The molecule has 0 amide bonds. The zero-order valence-corrected chi connectivity index (χ0v) is 10.8. The standard InChI is InChI=1S/C11H18N2O3S/c1-9(2)7-12-17(15,16)13-11-5-3-4-10(6-11)8-14/h3-6,9,12-14H,7-8H2,1-2H3. The van der Waals surface area contributed by atoms with Gasteiger partial charge in [-0.05, 0) is 23.6 Å². The summed E-state index contributed by atoms with van der Waals surface area (Å²) in [5, 5.41) is 8.94. The molecule has 0 saturated carbocycles. The number of nitrogens with one attached hydrogen (secondary N) is 2. The first kappa shape index (κ1) is 14.0. The Morgan fingerprint density at radius 2 is 2.06 bits per heavy atom. The Bertz CT molecular complexity index is 458. The second-order valence-electron chi connectivity index (χ2n) is 4.21. The van der Waals surface area contributed by atoms with Gasteiger partial charge in [-0.3, -0.25) is 4.72 Å². The number of hydrogen-bond acceptors (Lipinski definition) is 3. The summed E-state index contributed by atoms with van der Waals surface area (Å²) in [4.78, 5) is 0. The number of hydrogen-bond donors (Lipinski definition) is 3. The van der Waals surface area contributed by atoms with E-state index in [-0.39, 0.29) is 12.5 Å². The SMILES string of the molecule is CC(C)CNS(=O)(=O)Nc1cccc(CO)c1. The highest BCUT2D eigenvalue weighted by Gasteiger charge is 2.10. The maximum atomic E-state index is 11.6. The van der Waals surface area contributed by atoms with E-state index in [0.717, 1.165) is 0 Å². The third-order valence-corrected chi connectivity index (χ3v) is 3.09. The second kappa shape index (κ2) is 6.00. The van der Waals surface area contributed by atoms with Crippen LogP contribution in [0.15, 0.2) is 24.3 Å². The minimum absolute atomic E-state index is 0.116. The Morgan fingerprint density at radius 1 is 1.35 bits per heavy atom. The summed E-state index contributed by atoms with van der Waals surface area (Å²) in [6.07, 6.45) is 0. The van der Waals surface area contributed by atoms with E-state index in [1.54, 1.807) is 24.3 Å². The second-order valence-corrected chi connectivity index (χ2v) is 5.71. The Kier molecular flexibility index (Phi) is 4.92. The molecule has 96 valence electrons. The molecule has 0 atom stereocenters. The smallest absolute Gasteiger partial charge is 0.299 e. The van der Waals surface area contributed by atoms with Gasteiger partial charge in [0.1, 0.15) is 0 Å². The van der Waals surface area contributed by atoms with Gasteiger partial charge in [-0.25, -0.2) is 0 Å². The van der Waals surface area contributed by atoms with Crippen molar-refractivity contribution < 1.29 is 13.5 Å². The van der Waals surface area contributed by atoms with E-state index in [0.29, 0.717) is 17.8 Å². The van der Waals surface area contributed by atoms with E-state index in [4.69, 9.17) is 5.11 Å². The third kappa shape index (κ3) is 5.16. The van der Waals surface area contributed by atoms with Crippen molar-refractivity contribution in [3.8, 4) is 0 Å². The number of anilines is 1. The zero-order valence-electron chi connectivity index (χ0n) is 9.97. The molecule has 0 heterocycles. The highest BCUT2D eigenvalue weighted by Crippen LogP contribution is 2.11. The Morgan fingerprint density at radius 3 is 2.65 bits per heavy atom. The van der Waals surface area contributed by atoms with Crippen LogP contribution in [0, 0.1) is 5.92 Å². The van der Waals surface area contributed by atoms with Crippen LogP contribution in [-0.2, 0) is 16.8 Å². The zero-order chi connectivity index (χ0) is 12.9. The molecule has 1 aromatic rings. The van der Waals surface area contributed by atoms with Gasteiger partial charge in [-0.2, -0.15) is 13.1 Å². The average molecular weight is 258 g/mol. The molecule has 6 heteroatoms. The van der Waals surface area contributed by atoms with Crippen LogP contribution in [0.5, 0.6) is 0 Å². The predicted octanol–water partition coefficient (Wildman–Crippen LogP) is 1.08. The molecule has 0 aromatic heterocycles. The molecule has 0 radical (unpaired) electrons. The highest BCUT2D eigenvalue weighted by atomic mass is 32.2. The molecule has 0 unspecified atom stereocenters. The van der Waals surface area contributed by atoms with E-state index in [1.165, 1.54) is 0 Å². The van der Waals surface area contributed by atoms with E-state index in [9.17, 15) is 8.42 Å². The van der Waals surface area contributed by atoms with Crippen molar-refractivity contribution >= 4 is 15.9 Å². The molecular weight excluding hydrogens is 240 g/mol. The molecular formula is C11H18N2O3S. The van der Waals surface area contributed by atoms with Gasteiger partial charge in [-0.1, -0.05) is 26.0 Å². The fourth-order valence-electron chi connectivity index (χ4n) is 1.20. The summed E-state index contributed by atoms with van der Waals surface area (Å²) in [5.41, 5.74) is 1.10. The molecule has 17 heavy (non-hydrogen) atoms. The van der Waals surface area contributed by atoms with Crippen molar-refractivity contribution in [1.29, 1.82) is 0 Å². The minimum Gasteiger partial charge on any atom is -0.392 e. The van der Waals surface area contributed by atoms with Gasteiger partial charge in [-0.15, -0.1) is 0 Å². The summed E-state index contributed by atoms with van der Waals surface area (Å²) in [6.45, 7) is 4.12. The van der Waals surface area contributed by atoms with Crippen LogP contribution in [0.2, 0.25) is 0 Å². The van der Waals surface area contributed by atoms with Crippen molar-refractivity contribution in [2.45, 2.75) is 20.5 Å². The summed E-state index contributed by atoms with van der Waals surface area (Å²) < 4.78 is 28.1. The van der Waals surface area contributed by atoms with Gasteiger partial charge in [0.05, 0.1) is 12.3 Å². The number of aliphatic hydroxyl groups excluding tert-OH is 1. The lowest BCUT2D eigenvalue weighted by molar-refractivity contribution is 0.282. The Hall–Kier alpha value is -1.11. The summed E-state index contributed by atoms with van der Waals surface area (Å²) in [6, 6.07) is 6.63. The molecule has 5 nitrogen and oxygen atoms in total. The van der Waals surface area contributed by atoms with Crippen molar-refractivity contribution in [3.05, 3.63) is 29.8 Å². The Labute approximate surface area is 102 Å². The lowest BCUT2D eigenvalue weighted by atomic mass is 10.2. The minimum atomic E-state index is -3.54. The predicted molar refractivity (Wildman–Crippen MR) is 67.7 cm³/mol. The molecule has 0 spiro atoms. The maximum absolute atomic E-state index is 11.6.